The minimum atomic E-state index is -0.855. The van der Waals surface area contributed by atoms with Crippen LogP contribution < -0.4 is 5.32 Å². The summed E-state index contributed by atoms with van der Waals surface area (Å²) in [5, 5.41) is 3.67. The number of esters is 1. The van der Waals surface area contributed by atoms with Crippen molar-refractivity contribution in [2.24, 2.45) is 10.9 Å². The number of hydrogen-bond acceptors (Lipinski definition) is 5. The van der Waals surface area contributed by atoms with Crippen LogP contribution in [0.2, 0.25) is 0 Å². The molecule has 1 N–H and O–H groups in total. The minimum absolute atomic E-state index is 0.0266. The largest absolute Gasteiger partial charge is 0.465 e. The second-order valence-corrected chi connectivity index (χ2v) is 6.30. The van der Waals surface area contributed by atoms with Gasteiger partial charge in [-0.05, 0) is 31.0 Å². The van der Waals surface area contributed by atoms with Crippen LogP contribution in [0.1, 0.15) is 36.7 Å². The van der Waals surface area contributed by atoms with E-state index in [1.54, 1.807) is 25.3 Å². The van der Waals surface area contributed by atoms with Gasteiger partial charge in [0.25, 0.3) is 5.91 Å². The Bertz CT molecular complexity index is 873. The van der Waals surface area contributed by atoms with Crippen LogP contribution in [0.4, 0.5) is 0 Å². The summed E-state index contributed by atoms with van der Waals surface area (Å²) in [5.74, 6) is -0.247. The van der Waals surface area contributed by atoms with Crippen LogP contribution in [0.15, 0.2) is 35.5 Å². The van der Waals surface area contributed by atoms with Crippen LogP contribution >= 0.6 is 0 Å². The van der Waals surface area contributed by atoms with Gasteiger partial charge in [0.15, 0.2) is 0 Å². The Balaban J connectivity index is 2.22. The van der Waals surface area contributed by atoms with E-state index in [0.717, 1.165) is 5.39 Å². The van der Waals surface area contributed by atoms with E-state index >= 15 is 0 Å². The molecule has 0 bridgehead atoms. The Morgan fingerprint density at radius 3 is 2.71 bits per heavy atom. The number of aliphatic imine (C=N–C) groups is 1. The molecule has 3 rings (SSSR count). The number of aromatic nitrogens is 1. The fourth-order valence-electron chi connectivity index (χ4n) is 2.66. The lowest BCUT2D eigenvalue weighted by molar-refractivity contribution is -0.124. The molecule has 24 heavy (non-hydrogen) atoms. The number of rotatable bonds is 3. The molecule has 0 spiro atoms. The minimum Gasteiger partial charge on any atom is -0.465 e. The monoisotopic (exact) mass is 325 g/mol. The lowest BCUT2D eigenvalue weighted by atomic mass is 9.89. The third kappa shape index (κ3) is 2.44. The summed E-state index contributed by atoms with van der Waals surface area (Å²) >= 11 is 0. The number of nitrogens with zero attached hydrogens (tertiary/aromatic N) is 2. The number of methoxy groups -OCH3 is 1. The maximum atomic E-state index is 12.4. The Hall–Kier alpha value is -2.76. The predicted molar refractivity (Wildman–Crippen MR) is 91.0 cm³/mol. The highest BCUT2D eigenvalue weighted by atomic mass is 16.5. The van der Waals surface area contributed by atoms with Crippen LogP contribution in [0, 0.1) is 5.92 Å². The summed E-state index contributed by atoms with van der Waals surface area (Å²) in [4.78, 5) is 33.4. The molecule has 2 heterocycles. The highest BCUT2D eigenvalue weighted by Gasteiger charge is 2.42. The van der Waals surface area contributed by atoms with Crippen molar-refractivity contribution < 1.29 is 14.3 Å². The SMILES string of the molecule is COC(=O)c1cc2ncccc2cc1C1=NC(C)(C(C)C)C(=O)N1. The van der Waals surface area contributed by atoms with E-state index in [9.17, 15) is 9.59 Å². The Morgan fingerprint density at radius 1 is 1.33 bits per heavy atom. The molecule has 1 unspecified atom stereocenters. The maximum Gasteiger partial charge on any atom is 0.338 e. The van der Waals surface area contributed by atoms with E-state index in [-0.39, 0.29) is 11.8 Å². The van der Waals surface area contributed by atoms with Crippen LogP contribution in [0.25, 0.3) is 10.9 Å². The fraction of sp³-hybridized carbons (Fsp3) is 0.333. The molecule has 1 atom stereocenters. The first-order chi connectivity index (χ1) is 11.4. The maximum absolute atomic E-state index is 12.4. The summed E-state index contributed by atoms with van der Waals surface area (Å²) < 4.78 is 4.88. The highest BCUT2D eigenvalue weighted by molar-refractivity contribution is 6.19. The number of amides is 1. The topological polar surface area (TPSA) is 80.7 Å². The number of hydrogen-bond donors (Lipinski definition) is 1. The quantitative estimate of drug-likeness (QED) is 0.878. The molecule has 1 amide bonds. The molecule has 0 fully saturated rings. The Labute approximate surface area is 139 Å². The number of carbonyl (C=O) groups excluding carboxylic acids is 2. The van der Waals surface area contributed by atoms with Crippen molar-refractivity contribution in [2.75, 3.05) is 7.11 Å². The van der Waals surface area contributed by atoms with Crippen molar-refractivity contribution in [3.63, 3.8) is 0 Å². The zero-order valence-corrected chi connectivity index (χ0v) is 14.1. The zero-order valence-electron chi connectivity index (χ0n) is 14.1. The molecular weight excluding hydrogens is 306 g/mol. The Morgan fingerprint density at radius 2 is 2.08 bits per heavy atom. The van der Waals surface area contributed by atoms with Crippen molar-refractivity contribution in [1.82, 2.24) is 10.3 Å². The number of carbonyl (C=O) groups is 2. The van der Waals surface area contributed by atoms with E-state index in [4.69, 9.17) is 4.74 Å². The molecule has 6 heteroatoms. The van der Waals surface area contributed by atoms with E-state index in [0.29, 0.717) is 22.5 Å². The predicted octanol–water partition coefficient (Wildman–Crippen LogP) is 2.31. The van der Waals surface area contributed by atoms with Gasteiger partial charge in [-0.2, -0.15) is 0 Å². The molecule has 0 saturated heterocycles. The third-order valence-corrected chi connectivity index (χ3v) is 4.56. The number of pyridine rings is 1. The second kappa shape index (κ2) is 5.70. The molecule has 1 aliphatic heterocycles. The summed E-state index contributed by atoms with van der Waals surface area (Å²) in [5.41, 5.74) is 0.695. The standard InChI is InChI=1S/C18H19N3O3/c1-10(2)18(3)17(23)20-15(21-18)12-8-11-6-5-7-19-14(11)9-13(12)16(22)24-4/h5-10H,1-4H3,(H,20,21,23). The first-order valence-corrected chi connectivity index (χ1v) is 7.75. The number of nitrogens with one attached hydrogen (secondary N) is 1. The third-order valence-electron chi connectivity index (χ3n) is 4.56. The van der Waals surface area contributed by atoms with Gasteiger partial charge in [-0.3, -0.25) is 14.8 Å². The van der Waals surface area contributed by atoms with Gasteiger partial charge in [0.05, 0.1) is 18.2 Å². The van der Waals surface area contributed by atoms with Crippen molar-refractivity contribution >= 4 is 28.6 Å². The normalized spacial score (nSPS) is 20.2. The lowest BCUT2D eigenvalue weighted by Gasteiger charge is -2.21. The van der Waals surface area contributed by atoms with Gasteiger partial charge in [-0.15, -0.1) is 0 Å². The van der Waals surface area contributed by atoms with Crippen molar-refractivity contribution in [3.8, 4) is 0 Å². The summed E-state index contributed by atoms with van der Waals surface area (Å²) in [6, 6.07) is 7.18. The van der Waals surface area contributed by atoms with Crippen LogP contribution in [-0.2, 0) is 9.53 Å². The van der Waals surface area contributed by atoms with Gasteiger partial charge in [0, 0.05) is 17.1 Å². The smallest absolute Gasteiger partial charge is 0.338 e. The Kier molecular flexibility index (Phi) is 3.83. The summed E-state index contributed by atoms with van der Waals surface area (Å²) in [6.45, 7) is 5.68. The van der Waals surface area contributed by atoms with E-state index in [2.05, 4.69) is 15.3 Å². The van der Waals surface area contributed by atoms with Crippen LogP contribution in [0.5, 0.6) is 0 Å². The highest BCUT2D eigenvalue weighted by Crippen LogP contribution is 2.29. The molecule has 6 nitrogen and oxygen atoms in total. The molecule has 2 aromatic rings. The van der Waals surface area contributed by atoms with Gasteiger partial charge in [-0.25, -0.2) is 4.79 Å². The molecule has 0 aliphatic carbocycles. The van der Waals surface area contributed by atoms with E-state index < -0.39 is 11.5 Å². The average molecular weight is 325 g/mol. The number of ether oxygens (including phenoxy) is 1. The van der Waals surface area contributed by atoms with E-state index in [1.807, 2.05) is 26.0 Å². The van der Waals surface area contributed by atoms with Gasteiger partial charge >= 0.3 is 5.97 Å². The van der Waals surface area contributed by atoms with Crippen molar-refractivity contribution in [3.05, 3.63) is 41.6 Å². The molecule has 0 radical (unpaired) electrons. The van der Waals surface area contributed by atoms with Gasteiger partial charge in [0.2, 0.25) is 0 Å². The lowest BCUT2D eigenvalue weighted by Crippen LogP contribution is -2.41. The molecule has 0 saturated carbocycles. The molecule has 1 aromatic carbocycles. The van der Waals surface area contributed by atoms with Crippen molar-refractivity contribution in [1.29, 1.82) is 0 Å². The van der Waals surface area contributed by atoms with E-state index in [1.165, 1.54) is 7.11 Å². The summed E-state index contributed by atoms with van der Waals surface area (Å²) in [6.07, 6.45) is 1.66. The zero-order chi connectivity index (χ0) is 17.5. The molecule has 124 valence electrons. The molecular formula is C18H19N3O3. The molecule has 1 aromatic heterocycles. The van der Waals surface area contributed by atoms with Gasteiger partial charge < -0.3 is 10.1 Å². The first-order valence-electron chi connectivity index (χ1n) is 7.75. The van der Waals surface area contributed by atoms with Gasteiger partial charge in [-0.1, -0.05) is 19.9 Å². The van der Waals surface area contributed by atoms with Gasteiger partial charge in [0.1, 0.15) is 11.4 Å². The van der Waals surface area contributed by atoms with Crippen molar-refractivity contribution in [2.45, 2.75) is 26.3 Å². The fourth-order valence-corrected chi connectivity index (χ4v) is 2.66. The number of amidine groups is 1. The number of fused-ring (bicyclic) bond motifs is 1. The average Bonchev–Trinajstić information content (AvgIpc) is 2.89. The molecule has 1 aliphatic rings. The second-order valence-electron chi connectivity index (χ2n) is 6.30. The number of benzene rings is 1. The van der Waals surface area contributed by atoms with Crippen LogP contribution in [-0.4, -0.2) is 35.3 Å². The van der Waals surface area contributed by atoms with Crippen LogP contribution in [0.3, 0.4) is 0 Å². The first kappa shape index (κ1) is 16.1. The summed E-state index contributed by atoms with van der Waals surface area (Å²) in [7, 11) is 1.32.